The lowest BCUT2D eigenvalue weighted by molar-refractivity contribution is 0.104. The zero-order chi connectivity index (χ0) is 15.2. The number of halogens is 1. The predicted octanol–water partition coefficient (Wildman–Crippen LogP) is 4.67. The Balaban J connectivity index is 2.15. The second-order valence-electron chi connectivity index (χ2n) is 4.61. The van der Waals surface area contributed by atoms with Gasteiger partial charge in [-0.05, 0) is 42.8 Å². The Morgan fingerprint density at radius 2 is 1.81 bits per heavy atom. The number of hydrogen-bond donors (Lipinski definition) is 1. The summed E-state index contributed by atoms with van der Waals surface area (Å²) < 4.78 is 12.8. The van der Waals surface area contributed by atoms with Gasteiger partial charge in [0.15, 0.2) is 5.78 Å². The van der Waals surface area contributed by atoms with E-state index < -0.39 is 0 Å². The van der Waals surface area contributed by atoms with Gasteiger partial charge in [0.1, 0.15) is 5.82 Å². The average Bonchev–Trinajstić information content (AvgIpc) is 2.48. The molecule has 106 valence electrons. The highest BCUT2D eigenvalue weighted by atomic mass is 19.1. The van der Waals surface area contributed by atoms with E-state index in [9.17, 15) is 9.18 Å². The molecule has 0 bridgehead atoms. The molecule has 0 saturated carbocycles. The highest BCUT2D eigenvalue weighted by molar-refractivity contribution is 6.05. The number of benzene rings is 2. The van der Waals surface area contributed by atoms with Gasteiger partial charge in [-0.15, -0.1) is 0 Å². The highest BCUT2D eigenvalue weighted by Crippen LogP contribution is 2.18. The maximum absolute atomic E-state index is 12.8. The van der Waals surface area contributed by atoms with Crippen molar-refractivity contribution in [1.29, 1.82) is 0 Å². The quantitative estimate of drug-likeness (QED) is 0.637. The van der Waals surface area contributed by atoms with Crippen molar-refractivity contribution >= 4 is 17.5 Å². The van der Waals surface area contributed by atoms with Crippen LogP contribution in [-0.2, 0) is 0 Å². The van der Waals surface area contributed by atoms with Crippen LogP contribution in [0.25, 0.3) is 6.08 Å². The lowest BCUT2D eigenvalue weighted by Crippen LogP contribution is -2.02. The first-order chi connectivity index (χ1) is 10.1. The predicted molar refractivity (Wildman–Crippen MR) is 84.6 cm³/mol. The molecule has 0 unspecified atom stereocenters. The SMILES string of the molecule is C=Cc1ccccc1N/C(C)=C/C(=O)c1ccc(F)cc1. The third kappa shape index (κ3) is 3.89. The average molecular weight is 281 g/mol. The normalized spacial score (nSPS) is 11.0. The number of hydrogen-bond acceptors (Lipinski definition) is 2. The Morgan fingerprint density at radius 1 is 1.14 bits per heavy atom. The number of rotatable bonds is 5. The molecule has 0 amide bonds. The lowest BCUT2D eigenvalue weighted by atomic mass is 10.1. The second-order valence-corrected chi connectivity index (χ2v) is 4.61. The summed E-state index contributed by atoms with van der Waals surface area (Å²) in [7, 11) is 0. The van der Waals surface area contributed by atoms with Crippen LogP contribution in [0, 0.1) is 5.82 Å². The third-order valence-corrected chi connectivity index (χ3v) is 2.99. The monoisotopic (exact) mass is 281 g/mol. The molecule has 0 spiro atoms. The van der Waals surface area contributed by atoms with Gasteiger partial charge in [0.05, 0.1) is 0 Å². The van der Waals surface area contributed by atoms with Crippen molar-refractivity contribution in [2.75, 3.05) is 5.32 Å². The van der Waals surface area contributed by atoms with E-state index in [-0.39, 0.29) is 11.6 Å². The molecule has 0 aromatic heterocycles. The number of carbonyl (C=O) groups is 1. The molecule has 2 nitrogen and oxygen atoms in total. The van der Waals surface area contributed by atoms with E-state index in [0.29, 0.717) is 11.3 Å². The largest absolute Gasteiger partial charge is 0.359 e. The van der Waals surface area contributed by atoms with Crippen LogP contribution in [0.3, 0.4) is 0 Å². The lowest BCUT2D eigenvalue weighted by Gasteiger charge is -2.09. The van der Waals surface area contributed by atoms with E-state index >= 15 is 0 Å². The van der Waals surface area contributed by atoms with E-state index in [1.165, 1.54) is 30.3 Å². The van der Waals surface area contributed by atoms with Crippen molar-refractivity contribution in [1.82, 2.24) is 0 Å². The summed E-state index contributed by atoms with van der Waals surface area (Å²) in [4.78, 5) is 12.1. The molecule has 0 atom stereocenters. The van der Waals surface area contributed by atoms with Crippen molar-refractivity contribution in [3.05, 3.63) is 83.8 Å². The van der Waals surface area contributed by atoms with Crippen LogP contribution in [0.15, 0.2) is 66.9 Å². The minimum absolute atomic E-state index is 0.170. The standard InChI is InChI=1S/C18H16FNO/c1-3-14-6-4-5-7-17(14)20-13(2)12-18(21)15-8-10-16(19)11-9-15/h3-12,20H,1H2,2H3/b13-12+. The summed E-state index contributed by atoms with van der Waals surface area (Å²) in [5.41, 5.74) is 3.00. The molecular formula is C18H16FNO. The van der Waals surface area contributed by atoms with Gasteiger partial charge in [-0.25, -0.2) is 4.39 Å². The van der Waals surface area contributed by atoms with Crippen LogP contribution < -0.4 is 5.32 Å². The van der Waals surface area contributed by atoms with Crippen molar-refractivity contribution in [2.45, 2.75) is 6.92 Å². The van der Waals surface area contributed by atoms with Gasteiger partial charge in [0.25, 0.3) is 0 Å². The topological polar surface area (TPSA) is 29.1 Å². The van der Waals surface area contributed by atoms with Gasteiger partial charge in [0, 0.05) is 23.0 Å². The summed E-state index contributed by atoms with van der Waals surface area (Å²) in [5, 5.41) is 3.17. The minimum Gasteiger partial charge on any atom is -0.359 e. The summed E-state index contributed by atoms with van der Waals surface area (Å²) in [6, 6.07) is 13.2. The second kappa shape index (κ2) is 6.66. The van der Waals surface area contributed by atoms with Crippen LogP contribution in [-0.4, -0.2) is 5.78 Å². The molecule has 1 N–H and O–H groups in total. The van der Waals surface area contributed by atoms with Gasteiger partial charge < -0.3 is 5.32 Å². The molecule has 2 rings (SSSR count). The molecule has 0 aliphatic heterocycles. The molecule has 0 heterocycles. The Hall–Kier alpha value is -2.68. The Bertz CT molecular complexity index is 687. The maximum atomic E-state index is 12.8. The smallest absolute Gasteiger partial charge is 0.187 e. The molecular weight excluding hydrogens is 265 g/mol. The third-order valence-electron chi connectivity index (χ3n) is 2.99. The molecule has 21 heavy (non-hydrogen) atoms. The minimum atomic E-state index is -0.356. The first-order valence-electron chi connectivity index (χ1n) is 6.57. The van der Waals surface area contributed by atoms with E-state index in [4.69, 9.17) is 0 Å². The number of anilines is 1. The Labute approximate surface area is 123 Å². The van der Waals surface area contributed by atoms with Crippen LogP contribution >= 0.6 is 0 Å². The summed E-state index contributed by atoms with van der Waals surface area (Å²) in [6.45, 7) is 5.56. The molecule has 3 heteroatoms. The van der Waals surface area contributed by atoms with E-state index in [1.807, 2.05) is 24.3 Å². The zero-order valence-corrected chi connectivity index (χ0v) is 11.8. The first-order valence-corrected chi connectivity index (χ1v) is 6.57. The number of nitrogens with one attached hydrogen (secondary N) is 1. The number of carbonyl (C=O) groups excluding carboxylic acids is 1. The fraction of sp³-hybridized carbons (Fsp3) is 0.0556. The zero-order valence-electron chi connectivity index (χ0n) is 11.8. The van der Waals surface area contributed by atoms with E-state index in [2.05, 4.69) is 11.9 Å². The van der Waals surface area contributed by atoms with Gasteiger partial charge in [-0.2, -0.15) is 0 Å². The van der Waals surface area contributed by atoms with E-state index in [1.54, 1.807) is 13.0 Å². The van der Waals surface area contributed by atoms with Crippen LogP contribution in [0.4, 0.5) is 10.1 Å². The molecule has 0 saturated heterocycles. The fourth-order valence-electron chi connectivity index (χ4n) is 1.93. The first kappa shape index (κ1) is 14.7. The summed E-state index contributed by atoms with van der Waals surface area (Å²) in [6.07, 6.45) is 3.24. The van der Waals surface area contributed by atoms with Crippen molar-refractivity contribution in [3.8, 4) is 0 Å². The van der Waals surface area contributed by atoms with Crippen molar-refractivity contribution in [2.24, 2.45) is 0 Å². The molecule has 2 aromatic rings. The summed E-state index contributed by atoms with van der Waals surface area (Å²) in [5.74, 6) is -0.527. The van der Waals surface area contributed by atoms with Gasteiger partial charge in [-0.1, -0.05) is 30.9 Å². The van der Waals surface area contributed by atoms with Gasteiger partial charge >= 0.3 is 0 Å². The number of ketones is 1. The molecule has 0 fully saturated rings. The molecule has 0 aliphatic carbocycles. The fourth-order valence-corrected chi connectivity index (χ4v) is 1.93. The van der Waals surface area contributed by atoms with Gasteiger partial charge in [-0.3, -0.25) is 4.79 Å². The maximum Gasteiger partial charge on any atom is 0.187 e. The van der Waals surface area contributed by atoms with Gasteiger partial charge in [0.2, 0.25) is 0 Å². The van der Waals surface area contributed by atoms with Crippen molar-refractivity contribution in [3.63, 3.8) is 0 Å². The van der Waals surface area contributed by atoms with Crippen LogP contribution in [0.2, 0.25) is 0 Å². The molecule has 0 aliphatic rings. The summed E-state index contributed by atoms with van der Waals surface area (Å²) >= 11 is 0. The van der Waals surface area contributed by atoms with Crippen molar-refractivity contribution < 1.29 is 9.18 Å². The van der Waals surface area contributed by atoms with E-state index in [0.717, 1.165) is 11.3 Å². The Kier molecular flexibility index (Phi) is 4.67. The van der Waals surface area contributed by atoms with Crippen LogP contribution in [0.1, 0.15) is 22.8 Å². The van der Waals surface area contributed by atoms with Crippen LogP contribution in [0.5, 0.6) is 0 Å². The number of para-hydroxylation sites is 1. The highest BCUT2D eigenvalue weighted by Gasteiger charge is 2.04. The molecule has 2 aromatic carbocycles. The molecule has 0 radical (unpaired) electrons. The Morgan fingerprint density at radius 3 is 2.48 bits per heavy atom. The number of allylic oxidation sites excluding steroid dienone is 2.